The van der Waals surface area contributed by atoms with Crippen LogP contribution < -0.4 is 16.0 Å². The molecule has 0 amide bonds. The monoisotopic (exact) mass is 379 g/mol. The molecule has 7 nitrogen and oxygen atoms in total. The summed E-state index contributed by atoms with van der Waals surface area (Å²) in [7, 11) is 1.90. The average Bonchev–Trinajstić information content (AvgIpc) is 3.11. The number of fused-ring (bicyclic) bond motifs is 1. The lowest BCUT2D eigenvalue weighted by atomic mass is 10.2. The summed E-state index contributed by atoms with van der Waals surface area (Å²) in [5.41, 5.74) is 3.70. The number of halogens is 1. The Hall–Kier alpha value is -3.32. The predicted molar refractivity (Wildman–Crippen MR) is 110 cm³/mol. The Morgan fingerprint density at radius 2 is 1.85 bits per heavy atom. The topological polar surface area (TPSA) is 90.5 Å². The van der Waals surface area contributed by atoms with Crippen LogP contribution in [0.15, 0.2) is 54.9 Å². The summed E-state index contributed by atoms with van der Waals surface area (Å²) >= 11 is 6.07. The highest BCUT2D eigenvalue weighted by atomic mass is 35.5. The van der Waals surface area contributed by atoms with E-state index >= 15 is 0 Å². The minimum atomic E-state index is 0.626. The van der Waals surface area contributed by atoms with Gasteiger partial charge in [-0.25, -0.2) is 9.97 Å². The van der Waals surface area contributed by atoms with E-state index in [4.69, 9.17) is 11.6 Å². The Morgan fingerprint density at radius 1 is 1.00 bits per heavy atom. The fraction of sp³-hybridized carbons (Fsp3) is 0.105. The van der Waals surface area contributed by atoms with Crippen molar-refractivity contribution in [3.63, 3.8) is 0 Å². The summed E-state index contributed by atoms with van der Waals surface area (Å²) in [4.78, 5) is 8.63. The third-order valence-electron chi connectivity index (χ3n) is 4.12. The van der Waals surface area contributed by atoms with Gasteiger partial charge in [-0.15, -0.1) is 0 Å². The van der Waals surface area contributed by atoms with Crippen LogP contribution in [0.2, 0.25) is 5.02 Å². The second kappa shape index (κ2) is 7.51. The predicted octanol–water partition coefficient (Wildman–Crippen LogP) is 4.40. The van der Waals surface area contributed by atoms with Crippen LogP contribution in [0.4, 0.5) is 23.0 Å². The Balaban J connectivity index is 1.61. The second-order valence-electron chi connectivity index (χ2n) is 5.96. The largest absolute Gasteiger partial charge is 0.388 e. The van der Waals surface area contributed by atoms with Gasteiger partial charge in [-0.3, -0.25) is 5.10 Å². The van der Waals surface area contributed by atoms with Crippen LogP contribution >= 0.6 is 11.6 Å². The molecule has 0 bridgehead atoms. The van der Waals surface area contributed by atoms with Crippen molar-refractivity contribution in [1.29, 1.82) is 0 Å². The van der Waals surface area contributed by atoms with E-state index in [-0.39, 0.29) is 0 Å². The lowest BCUT2D eigenvalue weighted by Crippen LogP contribution is -2.02. The van der Waals surface area contributed by atoms with Gasteiger partial charge in [0, 0.05) is 30.0 Å². The van der Waals surface area contributed by atoms with Gasteiger partial charge in [0.05, 0.1) is 0 Å². The maximum Gasteiger partial charge on any atom is 0.162 e. The van der Waals surface area contributed by atoms with E-state index < -0.39 is 0 Å². The van der Waals surface area contributed by atoms with Crippen molar-refractivity contribution in [2.75, 3.05) is 23.0 Å². The lowest BCUT2D eigenvalue weighted by molar-refractivity contribution is 1.05. The summed E-state index contributed by atoms with van der Waals surface area (Å²) < 4.78 is 0. The molecule has 0 aliphatic carbocycles. The molecule has 0 aliphatic heterocycles. The van der Waals surface area contributed by atoms with Crippen molar-refractivity contribution < 1.29 is 0 Å². The molecule has 0 saturated heterocycles. The molecule has 8 heteroatoms. The summed E-state index contributed by atoms with van der Waals surface area (Å²) in [5.74, 6) is 1.34. The van der Waals surface area contributed by atoms with Gasteiger partial charge in [-0.05, 0) is 35.9 Å². The third kappa shape index (κ3) is 3.78. The van der Waals surface area contributed by atoms with Crippen LogP contribution in [-0.4, -0.2) is 27.2 Å². The summed E-state index contributed by atoms with van der Waals surface area (Å²) in [6, 6.07) is 15.7. The molecule has 4 rings (SSSR count). The Kier molecular flexibility index (Phi) is 4.76. The van der Waals surface area contributed by atoms with E-state index in [1.807, 2.05) is 43.4 Å². The van der Waals surface area contributed by atoms with Crippen LogP contribution in [0.5, 0.6) is 0 Å². The third-order valence-corrected chi connectivity index (χ3v) is 4.36. The van der Waals surface area contributed by atoms with E-state index in [0.29, 0.717) is 28.9 Å². The van der Waals surface area contributed by atoms with E-state index in [2.05, 4.69) is 48.2 Å². The SMILES string of the molecule is CNc1cccc(CNc2n[nH]c3ncnc(Nc4cccc(Cl)c4)c23)c1. The number of H-pyrrole nitrogens is 1. The van der Waals surface area contributed by atoms with Crippen LogP contribution in [0.3, 0.4) is 0 Å². The minimum absolute atomic E-state index is 0.626. The number of hydrogen-bond acceptors (Lipinski definition) is 6. The smallest absolute Gasteiger partial charge is 0.162 e. The number of rotatable bonds is 6. The maximum atomic E-state index is 6.07. The van der Waals surface area contributed by atoms with Gasteiger partial charge in [0.2, 0.25) is 0 Å². The highest BCUT2D eigenvalue weighted by Gasteiger charge is 2.13. The Bertz CT molecular complexity index is 1080. The number of nitrogens with one attached hydrogen (secondary N) is 4. The van der Waals surface area contributed by atoms with E-state index in [1.165, 1.54) is 6.33 Å². The van der Waals surface area contributed by atoms with Gasteiger partial charge in [0.15, 0.2) is 11.5 Å². The molecule has 27 heavy (non-hydrogen) atoms. The fourth-order valence-electron chi connectivity index (χ4n) is 2.81. The van der Waals surface area contributed by atoms with Crippen molar-refractivity contribution >= 4 is 45.6 Å². The van der Waals surface area contributed by atoms with Crippen LogP contribution in [-0.2, 0) is 6.54 Å². The van der Waals surface area contributed by atoms with Crippen molar-refractivity contribution in [2.24, 2.45) is 0 Å². The van der Waals surface area contributed by atoms with Gasteiger partial charge < -0.3 is 16.0 Å². The molecule has 136 valence electrons. The van der Waals surface area contributed by atoms with Crippen LogP contribution in [0, 0.1) is 0 Å². The van der Waals surface area contributed by atoms with Crippen molar-refractivity contribution in [3.8, 4) is 0 Å². The van der Waals surface area contributed by atoms with Crippen molar-refractivity contribution in [1.82, 2.24) is 20.2 Å². The standard InChI is InChI=1S/C19H18ClN7/c1-21-14-6-2-4-12(8-14)10-22-18-16-17(23-11-24-19(16)27-26-18)25-15-7-3-5-13(20)9-15/h2-9,11,21H,10H2,1H3,(H3,22,23,24,25,26,27). The quantitative estimate of drug-likeness (QED) is 0.397. The molecule has 0 aliphatic rings. The van der Waals surface area contributed by atoms with Gasteiger partial charge in [0.1, 0.15) is 17.5 Å². The molecule has 0 radical (unpaired) electrons. The molecule has 0 saturated carbocycles. The van der Waals surface area contributed by atoms with E-state index in [9.17, 15) is 0 Å². The first-order valence-corrected chi connectivity index (χ1v) is 8.83. The first kappa shape index (κ1) is 17.1. The van der Waals surface area contributed by atoms with Gasteiger partial charge in [-0.1, -0.05) is 29.8 Å². The fourth-order valence-corrected chi connectivity index (χ4v) is 3.00. The highest BCUT2D eigenvalue weighted by Crippen LogP contribution is 2.29. The molecule has 4 aromatic rings. The van der Waals surface area contributed by atoms with E-state index in [0.717, 1.165) is 22.3 Å². The molecule has 0 fully saturated rings. The van der Waals surface area contributed by atoms with Crippen LogP contribution in [0.25, 0.3) is 11.0 Å². The molecule has 0 spiro atoms. The van der Waals surface area contributed by atoms with Gasteiger partial charge in [-0.2, -0.15) is 5.10 Å². The zero-order valence-corrected chi connectivity index (χ0v) is 15.4. The normalized spacial score (nSPS) is 10.7. The van der Waals surface area contributed by atoms with Crippen molar-refractivity contribution in [3.05, 3.63) is 65.4 Å². The second-order valence-corrected chi connectivity index (χ2v) is 6.39. The number of nitrogens with zero attached hydrogens (tertiary/aromatic N) is 3. The highest BCUT2D eigenvalue weighted by molar-refractivity contribution is 6.30. The number of hydrogen-bond donors (Lipinski definition) is 4. The summed E-state index contributed by atoms with van der Waals surface area (Å²) in [6.45, 7) is 0.626. The zero-order chi connectivity index (χ0) is 18.6. The summed E-state index contributed by atoms with van der Waals surface area (Å²) in [6.07, 6.45) is 1.49. The Morgan fingerprint density at radius 3 is 2.70 bits per heavy atom. The molecular formula is C19H18ClN7. The first-order chi connectivity index (χ1) is 13.2. The Labute approximate surface area is 161 Å². The molecule has 4 N–H and O–H groups in total. The molecule has 0 atom stereocenters. The molecule has 2 heterocycles. The molecule has 2 aromatic heterocycles. The molecular weight excluding hydrogens is 362 g/mol. The zero-order valence-electron chi connectivity index (χ0n) is 14.6. The maximum absolute atomic E-state index is 6.07. The number of aromatic nitrogens is 4. The minimum Gasteiger partial charge on any atom is -0.388 e. The number of benzene rings is 2. The van der Waals surface area contributed by atoms with Gasteiger partial charge in [0.25, 0.3) is 0 Å². The van der Waals surface area contributed by atoms with Crippen LogP contribution in [0.1, 0.15) is 5.56 Å². The number of anilines is 4. The van der Waals surface area contributed by atoms with E-state index in [1.54, 1.807) is 0 Å². The molecule has 0 unspecified atom stereocenters. The molecule has 2 aromatic carbocycles. The van der Waals surface area contributed by atoms with Gasteiger partial charge >= 0.3 is 0 Å². The average molecular weight is 380 g/mol. The van der Waals surface area contributed by atoms with Crippen molar-refractivity contribution in [2.45, 2.75) is 6.54 Å². The first-order valence-electron chi connectivity index (χ1n) is 8.45. The lowest BCUT2D eigenvalue weighted by Gasteiger charge is -2.09. The summed E-state index contributed by atoms with van der Waals surface area (Å²) in [5, 5.41) is 18.5. The number of aromatic amines is 1.